The number of unbranched alkanes of at least 4 members (excludes halogenated alkanes) is 8. The molecule has 3 aromatic rings. The summed E-state index contributed by atoms with van der Waals surface area (Å²) < 4.78 is 42.9. The molecular formula is C30H38F3N3O4. The number of carboxylic acid groups (broad SMARTS) is 1. The van der Waals surface area contributed by atoms with Gasteiger partial charge >= 0.3 is 12.1 Å². The monoisotopic (exact) mass is 561 g/mol. The van der Waals surface area contributed by atoms with Gasteiger partial charge in [-0.25, -0.2) is 4.79 Å². The summed E-state index contributed by atoms with van der Waals surface area (Å²) in [6.07, 6.45) is 7.21. The Hall–Kier alpha value is -3.24. The second-order valence-corrected chi connectivity index (χ2v) is 10.4. The maximum atomic E-state index is 13.5. The van der Waals surface area contributed by atoms with Crippen molar-refractivity contribution in [1.82, 2.24) is 10.1 Å². The highest BCUT2D eigenvalue weighted by molar-refractivity contribution is 5.68. The molecule has 0 amide bonds. The highest BCUT2D eigenvalue weighted by Crippen LogP contribution is 2.30. The summed E-state index contributed by atoms with van der Waals surface area (Å²) in [5.74, 6) is -0.362. The number of hydrogen-bond donors (Lipinski definition) is 1. The Morgan fingerprint density at radius 1 is 0.925 bits per heavy atom. The molecule has 40 heavy (non-hydrogen) atoms. The van der Waals surface area contributed by atoms with E-state index in [2.05, 4.69) is 17.1 Å². The van der Waals surface area contributed by atoms with Crippen molar-refractivity contribution in [2.75, 3.05) is 6.54 Å². The van der Waals surface area contributed by atoms with Crippen molar-refractivity contribution < 1.29 is 32.2 Å². The number of carbonyl (C=O) groups is 1. The zero-order chi connectivity index (χ0) is 29.0. The smallest absolute Gasteiger partial charge is 0.416 e. The van der Waals surface area contributed by atoms with Gasteiger partial charge in [-0.15, -0.1) is 0 Å². The zero-order valence-electron chi connectivity index (χ0n) is 23.0. The van der Waals surface area contributed by atoms with Gasteiger partial charge in [-0.1, -0.05) is 87.7 Å². The molecule has 0 aliphatic carbocycles. The number of hydroxylamine groups is 3. The summed E-state index contributed by atoms with van der Waals surface area (Å²) in [5, 5.41) is 27.0. The van der Waals surface area contributed by atoms with Gasteiger partial charge in [-0.2, -0.15) is 18.2 Å². The van der Waals surface area contributed by atoms with Crippen LogP contribution in [0.1, 0.15) is 87.2 Å². The third-order valence-electron chi connectivity index (χ3n) is 6.79. The van der Waals surface area contributed by atoms with E-state index in [1.54, 1.807) is 24.3 Å². The second-order valence-electron chi connectivity index (χ2n) is 10.4. The fourth-order valence-electron chi connectivity index (χ4n) is 4.75. The molecule has 0 bridgehead atoms. The molecule has 0 saturated carbocycles. The van der Waals surface area contributed by atoms with Gasteiger partial charge in [-0.3, -0.25) is 0 Å². The fourth-order valence-corrected chi connectivity index (χ4v) is 4.75. The summed E-state index contributed by atoms with van der Waals surface area (Å²) in [5.41, 5.74) is 0.653. The molecule has 1 unspecified atom stereocenters. The molecule has 1 atom stereocenters. The van der Waals surface area contributed by atoms with Gasteiger partial charge in [0.1, 0.15) is 13.1 Å². The van der Waals surface area contributed by atoms with E-state index in [0.717, 1.165) is 25.0 Å². The number of aliphatic carboxylic acids is 1. The predicted octanol–water partition coefficient (Wildman–Crippen LogP) is 7.93. The fraction of sp³-hybridized carbons (Fsp3) is 0.500. The van der Waals surface area contributed by atoms with Gasteiger partial charge in [0.05, 0.1) is 5.56 Å². The Kier molecular flexibility index (Phi) is 11.7. The normalized spacial score (nSPS) is 13.3. The number of alkyl halides is 3. The average molecular weight is 562 g/mol. The van der Waals surface area contributed by atoms with Crippen molar-refractivity contribution in [1.29, 1.82) is 0 Å². The highest BCUT2D eigenvalue weighted by Gasteiger charge is 2.30. The molecule has 0 aliphatic heterocycles. The van der Waals surface area contributed by atoms with Crippen LogP contribution in [0, 0.1) is 5.21 Å². The Morgan fingerprint density at radius 3 is 2.17 bits per heavy atom. The van der Waals surface area contributed by atoms with Crippen LogP contribution in [0.4, 0.5) is 13.2 Å². The number of benzene rings is 2. The summed E-state index contributed by atoms with van der Waals surface area (Å²) in [7, 11) is 0. The highest BCUT2D eigenvalue weighted by atomic mass is 19.4. The second kappa shape index (κ2) is 14.9. The van der Waals surface area contributed by atoms with E-state index in [-0.39, 0.29) is 13.1 Å². The van der Waals surface area contributed by atoms with Crippen molar-refractivity contribution >= 4 is 5.97 Å². The SMILES string of the molecule is CCCCCCCCCCCc1noc(-c2cccc(C[N+]([O-])(CC(=O)O)Cc3ccc(C(F)(F)F)cc3)c2)n1. The largest absolute Gasteiger partial charge is 0.632 e. The van der Waals surface area contributed by atoms with Crippen LogP contribution < -0.4 is 0 Å². The van der Waals surface area contributed by atoms with Crippen LogP contribution in [0.5, 0.6) is 0 Å². The van der Waals surface area contributed by atoms with Crippen LogP contribution >= 0.6 is 0 Å². The summed E-state index contributed by atoms with van der Waals surface area (Å²) >= 11 is 0. The number of quaternary nitrogens is 1. The summed E-state index contributed by atoms with van der Waals surface area (Å²) in [6, 6.07) is 11.1. The molecule has 1 N–H and O–H groups in total. The standard InChI is InChI=1S/C30H38F3N3O4/c1-2-3-4-5-6-7-8-9-10-14-27-34-29(40-35-27)25-13-11-12-24(19-25)21-36(39,22-28(37)38)20-23-15-17-26(18-16-23)30(31,32)33/h11-13,15-19H,2-10,14,20-22H2,1H3,(H,37,38). The molecule has 7 nitrogen and oxygen atoms in total. The van der Waals surface area contributed by atoms with E-state index in [1.807, 2.05) is 0 Å². The van der Waals surface area contributed by atoms with Crippen LogP contribution in [0.3, 0.4) is 0 Å². The minimum absolute atomic E-state index is 0.194. The maximum absolute atomic E-state index is 13.5. The van der Waals surface area contributed by atoms with E-state index < -0.39 is 28.9 Å². The van der Waals surface area contributed by atoms with Gasteiger partial charge < -0.3 is 19.5 Å². The van der Waals surface area contributed by atoms with E-state index in [1.165, 1.54) is 57.1 Å². The summed E-state index contributed by atoms with van der Waals surface area (Å²) in [4.78, 5) is 16.0. The van der Waals surface area contributed by atoms with E-state index in [4.69, 9.17) is 4.52 Å². The number of nitrogens with zero attached hydrogens (tertiary/aromatic N) is 3. The Balaban J connectivity index is 1.58. The van der Waals surface area contributed by atoms with Crippen LogP contribution in [0.25, 0.3) is 11.5 Å². The maximum Gasteiger partial charge on any atom is 0.416 e. The van der Waals surface area contributed by atoms with Crippen molar-refractivity contribution in [3.05, 3.63) is 76.3 Å². The molecule has 10 heteroatoms. The molecular weight excluding hydrogens is 523 g/mol. The van der Waals surface area contributed by atoms with Crippen molar-refractivity contribution in [3.63, 3.8) is 0 Å². The molecule has 218 valence electrons. The van der Waals surface area contributed by atoms with Crippen molar-refractivity contribution in [2.24, 2.45) is 0 Å². The summed E-state index contributed by atoms with van der Waals surface area (Å²) in [6.45, 7) is 0.988. The molecule has 3 rings (SSSR count). The number of carboxylic acids is 1. The molecule has 0 spiro atoms. The molecule has 0 fully saturated rings. The number of rotatable bonds is 17. The first-order valence-electron chi connectivity index (χ1n) is 13.9. The van der Waals surface area contributed by atoms with Crippen LogP contribution in [-0.2, 0) is 30.5 Å². The minimum atomic E-state index is -4.49. The molecule has 0 aliphatic rings. The van der Waals surface area contributed by atoms with E-state index >= 15 is 0 Å². The number of halogens is 3. The molecule has 2 aromatic carbocycles. The lowest BCUT2D eigenvalue weighted by atomic mass is 10.1. The van der Waals surface area contributed by atoms with Crippen LogP contribution in [-0.4, -0.2) is 32.4 Å². The van der Waals surface area contributed by atoms with Crippen molar-refractivity contribution in [3.8, 4) is 11.5 Å². The van der Waals surface area contributed by atoms with Crippen molar-refractivity contribution in [2.45, 2.75) is 90.4 Å². The van der Waals surface area contributed by atoms with E-state index in [0.29, 0.717) is 34.8 Å². The quantitative estimate of drug-likeness (QED) is 0.102. The van der Waals surface area contributed by atoms with Gasteiger partial charge in [0, 0.05) is 23.1 Å². The molecule has 0 saturated heterocycles. The zero-order valence-corrected chi connectivity index (χ0v) is 23.0. The Morgan fingerprint density at radius 2 is 1.55 bits per heavy atom. The molecule has 1 heterocycles. The first kappa shape index (κ1) is 31.3. The van der Waals surface area contributed by atoms with Gasteiger partial charge in [0.15, 0.2) is 12.4 Å². The third-order valence-corrected chi connectivity index (χ3v) is 6.79. The lowest BCUT2D eigenvalue weighted by molar-refractivity contribution is -0.900. The van der Waals surface area contributed by atoms with Crippen LogP contribution in [0.2, 0.25) is 0 Å². The Bertz CT molecular complexity index is 1200. The average Bonchev–Trinajstić information content (AvgIpc) is 3.36. The van der Waals surface area contributed by atoms with E-state index in [9.17, 15) is 28.3 Å². The molecule has 1 aromatic heterocycles. The third kappa shape index (κ3) is 10.4. The first-order valence-corrected chi connectivity index (χ1v) is 13.9. The lowest BCUT2D eigenvalue weighted by Gasteiger charge is -2.41. The number of aromatic nitrogens is 2. The first-order chi connectivity index (χ1) is 19.1. The van der Waals surface area contributed by atoms with Gasteiger partial charge in [0.2, 0.25) is 0 Å². The predicted molar refractivity (Wildman–Crippen MR) is 146 cm³/mol. The van der Waals surface area contributed by atoms with Gasteiger partial charge in [-0.05, 0) is 30.7 Å². The Labute approximate surface area is 233 Å². The number of aryl methyl sites for hydroxylation is 1. The van der Waals surface area contributed by atoms with Gasteiger partial charge in [0.25, 0.3) is 5.89 Å². The minimum Gasteiger partial charge on any atom is -0.632 e. The number of hydrogen-bond acceptors (Lipinski definition) is 5. The topological polar surface area (TPSA) is 99.3 Å². The van der Waals surface area contributed by atoms with Crippen LogP contribution in [0.15, 0.2) is 53.1 Å². The lowest BCUT2D eigenvalue weighted by Crippen LogP contribution is -2.44. The molecule has 0 radical (unpaired) electrons.